The fraction of sp³-hybridized carbons (Fsp3) is 0.280. The highest BCUT2D eigenvalue weighted by molar-refractivity contribution is 14.1. The normalized spacial score (nSPS) is 11.4. The highest BCUT2D eigenvalue weighted by atomic mass is 127. The number of aromatic nitrogens is 2. The molecule has 0 fully saturated rings. The number of ketones is 2. The average molecular weight is 542 g/mol. The van der Waals surface area contributed by atoms with E-state index in [1.165, 1.54) is 18.5 Å². The van der Waals surface area contributed by atoms with Crippen LogP contribution in [-0.4, -0.2) is 47.1 Å². The summed E-state index contributed by atoms with van der Waals surface area (Å²) < 4.78 is 1.12. The van der Waals surface area contributed by atoms with Crippen molar-refractivity contribution < 1.29 is 9.59 Å². The maximum absolute atomic E-state index is 12.4. The fourth-order valence-corrected chi connectivity index (χ4v) is 3.82. The number of hydrogen-bond acceptors (Lipinski definition) is 6. The van der Waals surface area contributed by atoms with Crippen molar-refractivity contribution in [3.63, 3.8) is 0 Å². The van der Waals surface area contributed by atoms with Crippen LogP contribution in [0, 0.1) is 3.57 Å². The third-order valence-corrected chi connectivity index (χ3v) is 5.57. The van der Waals surface area contributed by atoms with E-state index in [2.05, 4.69) is 42.8 Å². The molecule has 7 heteroatoms. The van der Waals surface area contributed by atoms with Crippen molar-refractivity contribution in [2.75, 3.05) is 26.0 Å². The van der Waals surface area contributed by atoms with Crippen molar-refractivity contribution in [1.29, 1.82) is 0 Å². The number of nitrogens with zero attached hydrogens (tertiary/aromatic N) is 3. The lowest BCUT2D eigenvalue weighted by molar-refractivity contribution is -0.116. The number of anilines is 2. The Balaban J connectivity index is 1.64. The SMILES string of the molecule is CN(C)CCCCC(=O)/C=C\C(=O)Cc1ccc2ncnc(Nc3cccc(I)c3)c2c1. The van der Waals surface area contributed by atoms with Gasteiger partial charge < -0.3 is 10.2 Å². The summed E-state index contributed by atoms with van der Waals surface area (Å²) in [6.45, 7) is 0.960. The molecule has 0 aliphatic heterocycles. The molecule has 1 N–H and O–H groups in total. The molecular weight excluding hydrogens is 515 g/mol. The molecule has 0 amide bonds. The van der Waals surface area contributed by atoms with Crippen LogP contribution in [0.4, 0.5) is 11.5 Å². The Bertz CT molecular complexity index is 1130. The molecule has 32 heavy (non-hydrogen) atoms. The van der Waals surface area contributed by atoms with Crippen LogP contribution in [0.25, 0.3) is 10.9 Å². The Morgan fingerprint density at radius 3 is 2.62 bits per heavy atom. The van der Waals surface area contributed by atoms with Crippen molar-refractivity contribution in [3.8, 4) is 0 Å². The van der Waals surface area contributed by atoms with Gasteiger partial charge in [-0.25, -0.2) is 9.97 Å². The topological polar surface area (TPSA) is 75.2 Å². The van der Waals surface area contributed by atoms with Gasteiger partial charge in [-0.1, -0.05) is 12.1 Å². The van der Waals surface area contributed by atoms with E-state index in [1.807, 2.05) is 56.6 Å². The minimum absolute atomic E-state index is 0.00648. The van der Waals surface area contributed by atoms with Crippen LogP contribution >= 0.6 is 22.6 Å². The summed E-state index contributed by atoms with van der Waals surface area (Å²) in [6, 6.07) is 13.7. The number of benzene rings is 2. The van der Waals surface area contributed by atoms with E-state index in [4.69, 9.17) is 0 Å². The highest BCUT2D eigenvalue weighted by Crippen LogP contribution is 2.25. The third kappa shape index (κ3) is 7.49. The average Bonchev–Trinajstić information content (AvgIpc) is 2.76. The summed E-state index contributed by atoms with van der Waals surface area (Å²) in [7, 11) is 4.03. The van der Waals surface area contributed by atoms with Crippen molar-refractivity contribution in [3.05, 3.63) is 70.1 Å². The number of rotatable bonds is 11. The van der Waals surface area contributed by atoms with Gasteiger partial charge in [-0.15, -0.1) is 0 Å². The van der Waals surface area contributed by atoms with Gasteiger partial charge in [0.1, 0.15) is 12.1 Å². The standard InChI is InChI=1S/C25H27IN4O2/c1-30(2)13-4-3-8-21(31)10-11-22(32)14-18-9-12-24-23(15-18)25(28-17-27-24)29-20-7-5-6-19(26)16-20/h5-7,9-12,15-17H,3-4,8,13-14H2,1-2H3,(H,27,28,29)/b11-10-. The number of nitrogens with one attached hydrogen (secondary N) is 1. The molecule has 0 saturated carbocycles. The van der Waals surface area contributed by atoms with E-state index < -0.39 is 0 Å². The first kappa shape index (κ1) is 24.0. The molecule has 0 unspecified atom stereocenters. The Morgan fingerprint density at radius 1 is 1.03 bits per heavy atom. The third-order valence-electron chi connectivity index (χ3n) is 4.90. The Morgan fingerprint density at radius 2 is 1.84 bits per heavy atom. The molecule has 3 aromatic rings. The lowest BCUT2D eigenvalue weighted by Gasteiger charge is -2.10. The van der Waals surface area contributed by atoms with E-state index in [9.17, 15) is 9.59 Å². The molecule has 166 valence electrons. The number of carbonyl (C=O) groups is 2. The first-order valence-electron chi connectivity index (χ1n) is 10.6. The smallest absolute Gasteiger partial charge is 0.160 e. The second-order valence-electron chi connectivity index (χ2n) is 7.91. The first-order valence-corrected chi connectivity index (χ1v) is 11.6. The fourth-order valence-electron chi connectivity index (χ4n) is 3.27. The Labute approximate surface area is 202 Å². The molecule has 1 heterocycles. The number of hydrogen-bond donors (Lipinski definition) is 1. The van der Waals surface area contributed by atoms with Gasteiger partial charge in [0.15, 0.2) is 11.6 Å². The van der Waals surface area contributed by atoms with E-state index in [-0.39, 0.29) is 18.0 Å². The summed E-state index contributed by atoms with van der Waals surface area (Å²) in [5.74, 6) is 0.581. The largest absolute Gasteiger partial charge is 0.340 e. The van der Waals surface area contributed by atoms with Gasteiger partial charge in [0.25, 0.3) is 0 Å². The Kier molecular flexibility index (Phi) is 8.87. The lowest BCUT2D eigenvalue weighted by Crippen LogP contribution is -2.13. The van der Waals surface area contributed by atoms with Gasteiger partial charge in [0.05, 0.1) is 5.52 Å². The highest BCUT2D eigenvalue weighted by Gasteiger charge is 2.08. The Hall–Kier alpha value is -2.65. The molecular formula is C25H27IN4O2. The maximum Gasteiger partial charge on any atom is 0.160 e. The van der Waals surface area contributed by atoms with Crippen LogP contribution in [-0.2, 0) is 16.0 Å². The summed E-state index contributed by atoms with van der Waals surface area (Å²) in [6.07, 6.45) is 6.82. The zero-order valence-corrected chi connectivity index (χ0v) is 20.5. The summed E-state index contributed by atoms with van der Waals surface area (Å²) in [5.41, 5.74) is 2.59. The number of fused-ring (bicyclic) bond motifs is 1. The molecule has 1 aromatic heterocycles. The number of unbranched alkanes of at least 4 members (excludes halogenated alkanes) is 1. The first-order chi connectivity index (χ1) is 15.4. The van der Waals surface area contributed by atoms with Gasteiger partial charge in [0, 0.05) is 27.5 Å². The second kappa shape index (κ2) is 11.8. The lowest BCUT2D eigenvalue weighted by atomic mass is 10.0. The van der Waals surface area contributed by atoms with E-state index in [0.717, 1.165) is 45.1 Å². The van der Waals surface area contributed by atoms with Gasteiger partial charge in [-0.3, -0.25) is 9.59 Å². The number of halogens is 1. The summed E-state index contributed by atoms with van der Waals surface area (Å²) in [4.78, 5) is 35.2. The molecule has 3 rings (SSSR count). The van der Waals surface area contributed by atoms with E-state index in [0.29, 0.717) is 12.2 Å². The van der Waals surface area contributed by atoms with Crippen molar-refractivity contribution in [1.82, 2.24) is 14.9 Å². The van der Waals surface area contributed by atoms with Crippen LogP contribution in [0.5, 0.6) is 0 Å². The van der Waals surface area contributed by atoms with Crippen LogP contribution in [0.2, 0.25) is 0 Å². The van der Waals surface area contributed by atoms with Crippen LogP contribution in [0.1, 0.15) is 24.8 Å². The molecule has 0 spiro atoms. The summed E-state index contributed by atoms with van der Waals surface area (Å²) >= 11 is 2.27. The van der Waals surface area contributed by atoms with E-state index >= 15 is 0 Å². The molecule has 0 saturated heterocycles. The van der Waals surface area contributed by atoms with Crippen molar-refractivity contribution >= 4 is 56.6 Å². The molecule has 0 atom stereocenters. The molecule has 0 bridgehead atoms. The van der Waals surface area contributed by atoms with Gasteiger partial charge in [-0.05, 0) is 104 Å². The zero-order chi connectivity index (χ0) is 22.9. The van der Waals surface area contributed by atoms with E-state index in [1.54, 1.807) is 0 Å². The minimum Gasteiger partial charge on any atom is -0.340 e. The van der Waals surface area contributed by atoms with Crippen molar-refractivity contribution in [2.24, 2.45) is 0 Å². The molecule has 6 nitrogen and oxygen atoms in total. The molecule has 2 aromatic carbocycles. The monoisotopic (exact) mass is 542 g/mol. The molecule has 0 aliphatic rings. The van der Waals surface area contributed by atoms with Gasteiger partial charge in [0.2, 0.25) is 0 Å². The zero-order valence-electron chi connectivity index (χ0n) is 18.3. The maximum atomic E-state index is 12.4. The molecule has 0 radical (unpaired) electrons. The molecule has 0 aliphatic carbocycles. The quantitative estimate of drug-likeness (QED) is 0.210. The predicted molar refractivity (Wildman–Crippen MR) is 137 cm³/mol. The van der Waals surface area contributed by atoms with Crippen LogP contribution < -0.4 is 5.32 Å². The number of allylic oxidation sites excluding steroid dienone is 2. The van der Waals surface area contributed by atoms with Crippen LogP contribution in [0.15, 0.2) is 60.9 Å². The summed E-state index contributed by atoms with van der Waals surface area (Å²) in [5, 5.41) is 4.18. The van der Waals surface area contributed by atoms with Crippen LogP contribution in [0.3, 0.4) is 0 Å². The number of carbonyl (C=O) groups excluding carboxylic acids is 2. The predicted octanol–water partition coefficient (Wildman–Crippen LogP) is 4.95. The van der Waals surface area contributed by atoms with Gasteiger partial charge >= 0.3 is 0 Å². The minimum atomic E-state index is -0.102. The van der Waals surface area contributed by atoms with Crippen molar-refractivity contribution in [2.45, 2.75) is 25.7 Å². The second-order valence-corrected chi connectivity index (χ2v) is 9.16. The van der Waals surface area contributed by atoms with Gasteiger partial charge in [-0.2, -0.15) is 0 Å².